The Morgan fingerprint density at radius 1 is 1.33 bits per heavy atom. The number of rotatable bonds is 5. The Morgan fingerprint density at radius 3 is 2.60 bits per heavy atom. The van der Waals surface area contributed by atoms with Crippen molar-refractivity contribution in [1.29, 1.82) is 0 Å². The lowest BCUT2D eigenvalue weighted by molar-refractivity contribution is -0.112. The first-order valence-electron chi connectivity index (χ1n) is 5.05. The Kier molecular flexibility index (Phi) is 5.19. The van der Waals surface area contributed by atoms with Crippen molar-refractivity contribution in [2.24, 2.45) is 0 Å². The van der Waals surface area contributed by atoms with Crippen LogP contribution >= 0.6 is 11.8 Å². The molecule has 0 spiro atoms. The molecule has 0 unspecified atom stereocenters. The quantitative estimate of drug-likeness (QED) is 0.428. The number of ketones is 1. The number of carbonyl (C=O) groups is 1. The first-order valence-corrected chi connectivity index (χ1v) is 6.03. The van der Waals surface area contributed by atoms with E-state index in [1.165, 1.54) is 10.5 Å². The normalized spacial score (nSPS) is 10.8. The minimum atomic E-state index is 0.121. The second-order valence-electron chi connectivity index (χ2n) is 3.46. The molecular formula is C13H16OS. The van der Waals surface area contributed by atoms with E-state index in [9.17, 15) is 4.79 Å². The monoisotopic (exact) mass is 220 g/mol. The van der Waals surface area contributed by atoms with Crippen molar-refractivity contribution in [2.75, 3.05) is 5.75 Å². The molecule has 80 valence electrons. The lowest BCUT2D eigenvalue weighted by Crippen LogP contribution is -1.81. The fourth-order valence-corrected chi connectivity index (χ4v) is 1.95. The summed E-state index contributed by atoms with van der Waals surface area (Å²) in [7, 11) is 0. The van der Waals surface area contributed by atoms with Gasteiger partial charge in [0.15, 0.2) is 5.78 Å². The third kappa shape index (κ3) is 5.43. The van der Waals surface area contributed by atoms with Gasteiger partial charge in [0.25, 0.3) is 0 Å². The molecule has 0 N–H and O–H groups in total. The number of allylic oxidation sites excluding steroid dienone is 2. The van der Waals surface area contributed by atoms with Crippen molar-refractivity contribution in [3.63, 3.8) is 0 Å². The van der Waals surface area contributed by atoms with Gasteiger partial charge in [-0.1, -0.05) is 23.8 Å². The van der Waals surface area contributed by atoms with E-state index in [1.54, 1.807) is 13.0 Å². The Bertz CT molecular complexity index is 338. The van der Waals surface area contributed by atoms with Gasteiger partial charge in [0.2, 0.25) is 0 Å². The molecule has 0 saturated carbocycles. The zero-order valence-corrected chi connectivity index (χ0v) is 10.0. The van der Waals surface area contributed by atoms with Crippen LogP contribution in [0.1, 0.15) is 18.9 Å². The fourth-order valence-electron chi connectivity index (χ4n) is 1.13. The van der Waals surface area contributed by atoms with Crippen LogP contribution in [0, 0.1) is 6.92 Å². The fraction of sp³-hybridized carbons (Fsp3) is 0.308. The molecule has 1 aromatic rings. The van der Waals surface area contributed by atoms with E-state index < -0.39 is 0 Å². The lowest BCUT2D eigenvalue weighted by atomic mass is 10.2. The van der Waals surface area contributed by atoms with E-state index in [4.69, 9.17) is 0 Å². The maximum Gasteiger partial charge on any atom is 0.152 e. The summed E-state index contributed by atoms with van der Waals surface area (Å²) in [5.74, 6) is 1.14. The highest BCUT2D eigenvalue weighted by Gasteiger charge is 1.92. The molecule has 0 bridgehead atoms. The molecule has 0 fully saturated rings. The van der Waals surface area contributed by atoms with Crippen LogP contribution in [-0.2, 0) is 4.79 Å². The molecule has 0 aliphatic carbocycles. The van der Waals surface area contributed by atoms with Gasteiger partial charge in [0, 0.05) is 10.6 Å². The molecule has 2 heteroatoms. The summed E-state index contributed by atoms with van der Waals surface area (Å²) in [4.78, 5) is 11.9. The van der Waals surface area contributed by atoms with Gasteiger partial charge >= 0.3 is 0 Å². The van der Waals surface area contributed by atoms with E-state index in [2.05, 4.69) is 31.2 Å². The van der Waals surface area contributed by atoms with Crippen molar-refractivity contribution < 1.29 is 4.79 Å². The number of hydrogen-bond donors (Lipinski definition) is 0. The minimum absolute atomic E-state index is 0.121. The summed E-state index contributed by atoms with van der Waals surface area (Å²) >= 11 is 1.82. The maximum atomic E-state index is 10.6. The number of benzene rings is 1. The maximum absolute atomic E-state index is 10.6. The zero-order chi connectivity index (χ0) is 11.1. The van der Waals surface area contributed by atoms with Crippen molar-refractivity contribution in [1.82, 2.24) is 0 Å². The molecule has 0 aliphatic heterocycles. The van der Waals surface area contributed by atoms with E-state index >= 15 is 0 Å². The van der Waals surface area contributed by atoms with Crippen LogP contribution in [0.4, 0.5) is 0 Å². The molecule has 1 rings (SSSR count). The number of thioether (sulfide) groups is 1. The van der Waals surface area contributed by atoms with Gasteiger partial charge in [-0.05, 0) is 38.5 Å². The van der Waals surface area contributed by atoms with Crippen LogP contribution in [0.2, 0.25) is 0 Å². The number of hydrogen-bond acceptors (Lipinski definition) is 2. The van der Waals surface area contributed by atoms with Crippen LogP contribution < -0.4 is 0 Å². The van der Waals surface area contributed by atoms with E-state index in [-0.39, 0.29) is 5.78 Å². The van der Waals surface area contributed by atoms with Gasteiger partial charge < -0.3 is 0 Å². The first kappa shape index (κ1) is 12.1. The summed E-state index contributed by atoms with van der Waals surface area (Å²) in [5.41, 5.74) is 1.29. The highest BCUT2D eigenvalue weighted by atomic mass is 32.2. The summed E-state index contributed by atoms with van der Waals surface area (Å²) in [6.07, 6.45) is 4.51. The van der Waals surface area contributed by atoms with Crippen LogP contribution in [0.15, 0.2) is 41.3 Å². The van der Waals surface area contributed by atoms with Crippen molar-refractivity contribution in [3.05, 3.63) is 42.0 Å². The molecule has 0 heterocycles. The third-order valence-corrected chi connectivity index (χ3v) is 2.97. The standard InChI is InChI=1S/C13H16OS/c1-11-6-8-13(9-7-11)15-10-4-3-5-12(2)14/h3,5-9H,4,10H2,1-2H3/b5-3+. The van der Waals surface area contributed by atoms with Crippen molar-refractivity contribution in [3.8, 4) is 0 Å². The predicted molar refractivity (Wildman–Crippen MR) is 66.3 cm³/mol. The number of aryl methyl sites for hydroxylation is 1. The first-order chi connectivity index (χ1) is 7.18. The SMILES string of the molecule is CC(=O)/C=C/CCSc1ccc(C)cc1. The second kappa shape index (κ2) is 6.46. The Labute approximate surface area is 95.6 Å². The molecule has 0 aliphatic rings. The van der Waals surface area contributed by atoms with Gasteiger partial charge in [0.05, 0.1) is 0 Å². The van der Waals surface area contributed by atoms with Crippen molar-refractivity contribution in [2.45, 2.75) is 25.2 Å². The second-order valence-corrected chi connectivity index (χ2v) is 4.63. The van der Waals surface area contributed by atoms with Crippen molar-refractivity contribution >= 4 is 17.5 Å². The molecule has 15 heavy (non-hydrogen) atoms. The third-order valence-electron chi connectivity index (χ3n) is 1.93. The smallest absolute Gasteiger partial charge is 0.152 e. The Morgan fingerprint density at radius 2 is 2.00 bits per heavy atom. The Hall–Kier alpha value is -1.02. The topological polar surface area (TPSA) is 17.1 Å². The zero-order valence-electron chi connectivity index (χ0n) is 9.19. The van der Waals surface area contributed by atoms with Crippen LogP contribution in [0.5, 0.6) is 0 Å². The molecule has 0 aromatic heterocycles. The molecule has 1 aromatic carbocycles. The lowest BCUT2D eigenvalue weighted by Gasteiger charge is -1.99. The van der Waals surface area contributed by atoms with Gasteiger partial charge in [-0.3, -0.25) is 4.79 Å². The van der Waals surface area contributed by atoms with Crippen LogP contribution in [0.3, 0.4) is 0 Å². The Balaban J connectivity index is 2.26. The minimum Gasteiger partial charge on any atom is -0.295 e. The molecule has 1 nitrogen and oxygen atoms in total. The average molecular weight is 220 g/mol. The molecule has 0 radical (unpaired) electrons. The molecule has 0 saturated heterocycles. The molecule has 0 amide bonds. The highest BCUT2D eigenvalue weighted by molar-refractivity contribution is 7.99. The van der Waals surface area contributed by atoms with Crippen LogP contribution in [0.25, 0.3) is 0 Å². The molecule has 0 atom stereocenters. The summed E-state index contributed by atoms with van der Waals surface area (Å²) < 4.78 is 0. The van der Waals surface area contributed by atoms with Gasteiger partial charge in [0.1, 0.15) is 0 Å². The van der Waals surface area contributed by atoms with Gasteiger partial charge in [-0.2, -0.15) is 0 Å². The van der Waals surface area contributed by atoms with Crippen LogP contribution in [-0.4, -0.2) is 11.5 Å². The van der Waals surface area contributed by atoms with Gasteiger partial charge in [-0.15, -0.1) is 11.8 Å². The van der Waals surface area contributed by atoms with Gasteiger partial charge in [-0.25, -0.2) is 0 Å². The average Bonchev–Trinajstić information content (AvgIpc) is 2.20. The van der Waals surface area contributed by atoms with E-state index in [0.717, 1.165) is 12.2 Å². The van der Waals surface area contributed by atoms with E-state index in [1.807, 2.05) is 17.8 Å². The number of carbonyl (C=O) groups excluding carboxylic acids is 1. The summed E-state index contributed by atoms with van der Waals surface area (Å²) in [6, 6.07) is 8.50. The molecular weight excluding hydrogens is 204 g/mol. The largest absolute Gasteiger partial charge is 0.295 e. The summed E-state index contributed by atoms with van der Waals surface area (Å²) in [6.45, 7) is 3.66. The predicted octanol–water partition coefficient (Wildman–Crippen LogP) is 3.62. The van der Waals surface area contributed by atoms with E-state index in [0.29, 0.717) is 0 Å². The highest BCUT2D eigenvalue weighted by Crippen LogP contribution is 2.18. The summed E-state index contributed by atoms with van der Waals surface area (Å²) in [5, 5.41) is 0.